The SMILES string of the molecule is Cc1ccc(NC(=O)c2cc3n(n2)CCCO3)cc1. The molecule has 0 aliphatic carbocycles. The highest BCUT2D eigenvalue weighted by Crippen LogP contribution is 2.19. The van der Waals surface area contributed by atoms with Crippen LogP contribution in [0.25, 0.3) is 0 Å². The van der Waals surface area contributed by atoms with Gasteiger partial charge >= 0.3 is 0 Å². The molecule has 3 rings (SSSR count). The minimum atomic E-state index is -0.214. The number of nitrogens with one attached hydrogen (secondary N) is 1. The van der Waals surface area contributed by atoms with E-state index < -0.39 is 0 Å². The van der Waals surface area contributed by atoms with Crippen LogP contribution in [-0.4, -0.2) is 22.3 Å². The Bertz CT molecular complexity index is 578. The quantitative estimate of drug-likeness (QED) is 0.897. The van der Waals surface area contributed by atoms with Gasteiger partial charge in [-0.15, -0.1) is 0 Å². The fraction of sp³-hybridized carbons (Fsp3) is 0.286. The monoisotopic (exact) mass is 257 g/mol. The van der Waals surface area contributed by atoms with Crippen LogP contribution in [0.15, 0.2) is 30.3 Å². The Labute approximate surface area is 111 Å². The van der Waals surface area contributed by atoms with Crippen LogP contribution in [-0.2, 0) is 6.54 Å². The molecule has 1 amide bonds. The van der Waals surface area contributed by atoms with E-state index in [4.69, 9.17) is 4.74 Å². The molecule has 1 aliphatic heterocycles. The summed E-state index contributed by atoms with van der Waals surface area (Å²) >= 11 is 0. The van der Waals surface area contributed by atoms with Gasteiger partial charge in [-0.25, -0.2) is 4.68 Å². The third-order valence-electron chi connectivity index (χ3n) is 3.05. The molecule has 19 heavy (non-hydrogen) atoms. The molecule has 1 aromatic carbocycles. The lowest BCUT2D eigenvalue weighted by atomic mass is 10.2. The number of hydrogen-bond donors (Lipinski definition) is 1. The highest BCUT2D eigenvalue weighted by atomic mass is 16.5. The predicted octanol–water partition coefficient (Wildman–Crippen LogP) is 2.23. The Morgan fingerprint density at radius 3 is 2.89 bits per heavy atom. The van der Waals surface area contributed by atoms with Crippen LogP contribution >= 0.6 is 0 Å². The second-order valence-corrected chi connectivity index (χ2v) is 4.61. The van der Waals surface area contributed by atoms with Crippen LogP contribution in [0, 0.1) is 6.92 Å². The molecule has 98 valence electrons. The van der Waals surface area contributed by atoms with Crippen LogP contribution in [0.5, 0.6) is 5.88 Å². The van der Waals surface area contributed by atoms with Gasteiger partial charge in [0.05, 0.1) is 6.61 Å². The lowest BCUT2D eigenvalue weighted by Gasteiger charge is -2.13. The van der Waals surface area contributed by atoms with Crippen LogP contribution in [0.2, 0.25) is 0 Å². The van der Waals surface area contributed by atoms with Crippen molar-refractivity contribution in [1.82, 2.24) is 9.78 Å². The van der Waals surface area contributed by atoms with E-state index in [9.17, 15) is 4.79 Å². The number of amides is 1. The normalized spacial score (nSPS) is 13.5. The van der Waals surface area contributed by atoms with E-state index in [0.717, 1.165) is 24.2 Å². The first kappa shape index (κ1) is 11.8. The van der Waals surface area contributed by atoms with E-state index >= 15 is 0 Å². The number of nitrogens with zero attached hydrogens (tertiary/aromatic N) is 2. The number of hydrogen-bond acceptors (Lipinski definition) is 3. The second kappa shape index (κ2) is 4.76. The molecular formula is C14H15N3O2. The van der Waals surface area contributed by atoms with Crippen LogP contribution in [0.4, 0.5) is 5.69 Å². The summed E-state index contributed by atoms with van der Waals surface area (Å²) in [6.07, 6.45) is 0.924. The lowest BCUT2D eigenvalue weighted by Crippen LogP contribution is -2.16. The summed E-state index contributed by atoms with van der Waals surface area (Å²) in [6.45, 7) is 3.49. The maximum absolute atomic E-state index is 12.1. The van der Waals surface area contributed by atoms with Crippen molar-refractivity contribution >= 4 is 11.6 Å². The van der Waals surface area contributed by atoms with Crippen molar-refractivity contribution in [3.05, 3.63) is 41.6 Å². The summed E-state index contributed by atoms with van der Waals surface area (Å²) in [7, 11) is 0. The van der Waals surface area contributed by atoms with E-state index in [1.54, 1.807) is 10.7 Å². The maximum Gasteiger partial charge on any atom is 0.276 e. The zero-order valence-corrected chi connectivity index (χ0v) is 10.7. The Morgan fingerprint density at radius 1 is 1.37 bits per heavy atom. The van der Waals surface area contributed by atoms with E-state index in [-0.39, 0.29) is 5.91 Å². The molecule has 1 N–H and O–H groups in total. The van der Waals surface area contributed by atoms with Crippen molar-refractivity contribution in [3.63, 3.8) is 0 Å². The van der Waals surface area contributed by atoms with Gasteiger partial charge in [0.2, 0.25) is 5.88 Å². The van der Waals surface area contributed by atoms with E-state index in [0.29, 0.717) is 18.2 Å². The summed E-state index contributed by atoms with van der Waals surface area (Å²) in [5.41, 5.74) is 2.31. The minimum Gasteiger partial charge on any atom is -0.478 e. The van der Waals surface area contributed by atoms with Gasteiger partial charge in [0, 0.05) is 24.7 Å². The number of carbonyl (C=O) groups excluding carboxylic acids is 1. The van der Waals surface area contributed by atoms with Crippen molar-refractivity contribution in [2.24, 2.45) is 0 Å². The number of ether oxygens (including phenoxy) is 1. The summed E-state index contributed by atoms with van der Waals surface area (Å²) in [4.78, 5) is 12.1. The number of carbonyl (C=O) groups is 1. The number of anilines is 1. The summed E-state index contributed by atoms with van der Waals surface area (Å²) in [6, 6.07) is 9.34. The number of fused-ring (bicyclic) bond motifs is 1. The molecule has 0 saturated heterocycles. The molecule has 5 nitrogen and oxygen atoms in total. The highest BCUT2D eigenvalue weighted by molar-refractivity contribution is 6.03. The molecule has 0 fully saturated rings. The van der Waals surface area contributed by atoms with Crippen molar-refractivity contribution in [1.29, 1.82) is 0 Å². The number of aryl methyl sites for hydroxylation is 2. The molecule has 2 heterocycles. The molecule has 1 aromatic heterocycles. The average molecular weight is 257 g/mol. The van der Waals surface area contributed by atoms with E-state index in [1.165, 1.54) is 0 Å². The summed E-state index contributed by atoms with van der Waals surface area (Å²) in [5, 5.41) is 7.07. The largest absolute Gasteiger partial charge is 0.478 e. The van der Waals surface area contributed by atoms with Crippen LogP contribution < -0.4 is 10.1 Å². The molecule has 0 radical (unpaired) electrons. The first-order valence-corrected chi connectivity index (χ1v) is 6.31. The Balaban J connectivity index is 1.76. The van der Waals surface area contributed by atoms with Crippen LogP contribution in [0.3, 0.4) is 0 Å². The molecule has 5 heteroatoms. The zero-order chi connectivity index (χ0) is 13.2. The highest BCUT2D eigenvalue weighted by Gasteiger charge is 2.17. The van der Waals surface area contributed by atoms with Gasteiger partial charge in [-0.05, 0) is 19.1 Å². The van der Waals surface area contributed by atoms with E-state index in [1.807, 2.05) is 31.2 Å². The summed E-state index contributed by atoms with van der Waals surface area (Å²) < 4.78 is 7.17. The molecule has 2 aromatic rings. The molecular weight excluding hydrogens is 242 g/mol. The van der Waals surface area contributed by atoms with Crippen LogP contribution in [0.1, 0.15) is 22.5 Å². The molecule has 0 bridgehead atoms. The lowest BCUT2D eigenvalue weighted by molar-refractivity contribution is 0.102. The maximum atomic E-state index is 12.1. The van der Waals surface area contributed by atoms with Gasteiger partial charge in [0.15, 0.2) is 5.69 Å². The Kier molecular flexibility index (Phi) is 2.95. The number of benzene rings is 1. The third-order valence-corrected chi connectivity index (χ3v) is 3.05. The fourth-order valence-corrected chi connectivity index (χ4v) is 2.01. The van der Waals surface area contributed by atoms with Gasteiger partial charge in [-0.3, -0.25) is 4.79 Å². The standard InChI is InChI=1S/C14H15N3O2/c1-10-3-5-11(6-4-10)15-14(18)12-9-13-17(16-12)7-2-8-19-13/h3-6,9H,2,7-8H2,1H3,(H,15,18). The van der Waals surface area contributed by atoms with E-state index in [2.05, 4.69) is 10.4 Å². The summed E-state index contributed by atoms with van der Waals surface area (Å²) in [5.74, 6) is 0.453. The average Bonchev–Trinajstić information content (AvgIpc) is 2.85. The smallest absolute Gasteiger partial charge is 0.276 e. The van der Waals surface area contributed by atoms with Crippen molar-refractivity contribution < 1.29 is 9.53 Å². The topological polar surface area (TPSA) is 56.2 Å². The predicted molar refractivity (Wildman–Crippen MR) is 71.5 cm³/mol. The number of aromatic nitrogens is 2. The first-order chi connectivity index (χ1) is 9.22. The van der Waals surface area contributed by atoms with Gasteiger partial charge in [-0.2, -0.15) is 5.10 Å². The first-order valence-electron chi connectivity index (χ1n) is 6.31. The molecule has 0 unspecified atom stereocenters. The van der Waals surface area contributed by atoms with Gasteiger partial charge in [0.1, 0.15) is 0 Å². The Morgan fingerprint density at radius 2 is 2.16 bits per heavy atom. The third kappa shape index (κ3) is 2.45. The molecule has 0 saturated carbocycles. The zero-order valence-electron chi connectivity index (χ0n) is 10.7. The molecule has 0 atom stereocenters. The van der Waals surface area contributed by atoms with Gasteiger partial charge < -0.3 is 10.1 Å². The molecule has 1 aliphatic rings. The van der Waals surface area contributed by atoms with Gasteiger partial charge in [0.25, 0.3) is 5.91 Å². The van der Waals surface area contributed by atoms with Gasteiger partial charge in [-0.1, -0.05) is 17.7 Å². The fourth-order valence-electron chi connectivity index (χ4n) is 2.01. The minimum absolute atomic E-state index is 0.214. The van der Waals surface area contributed by atoms with Crippen molar-refractivity contribution in [2.45, 2.75) is 19.9 Å². The number of rotatable bonds is 2. The van der Waals surface area contributed by atoms with Crippen molar-refractivity contribution in [2.75, 3.05) is 11.9 Å². The molecule has 0 spiro atoms. The Hall–Kier alpha value is -2.30. The van der Waals surface area contributed by atoms with Crippen molar-refractivity contribution in [3.8, 4) is 5.88 Å². The second-order valence-electron chi connectivity index (χ2n) is 4.61.